The minimum absolute atomic E-state index is 0.191. The monoisotopic (exact) mass is 597 g/mol. The van der Waals surface area contributed by atoms with Crippen molar-refractivity contribution in [2.24, 2.45) is 4.99 Å². The maximum absolute atomic E-state index is 14.1. The van der Waals surface area contributed by atoms with E-state index >= 15 is 0 Å². The summed E-state index contributed by atoms with van der Waals surface area (Å²) >= 11 is 1.27. The quantitative estimate of drug-likeness (QED) is 0.224. The first-order valence-corrected chi connectivity index (χ1v) is 14.9. The Hall–Kier alpha value is -5.52. The Morgan fingerprint density at radius 1 is 0.977 bits per heavy atom. The summed E-state index contributed by atoms with van der Waals surface area (Å²) in [6, 6.07) is 35.2. The molecule has 44 heavy (non-hydrogen) atoms. The molecule has 0 radical (unpaired) electrons. The van der Waals surface area contributed by atoms with Gasteiger partial charge in [-0.1, -0.05) is 102 Å². The summed E-state index contributed by atoms with van der Waals surface area (Å²) < 4.78 is 13.6. The van der Waals surface area contributed by atoms with E-state index in [1.54, 1.807) is 23.6 Å². The van der Waals surface area contributed by atoms with Gasteiger partial charge in [0.2, 0.25) is 0 Å². The molecule has 0 saturated carbocycles. The molecule has 0 aliphatic carbocycles. The second kappa shape index (κ2) is 12.8. The number of hydrogen-bond donors (Lipinski definition) is 0. The van der Waals surface area contributed by atoms with E-state index in [9.17, 15) is 14.9 Å². The fourth-order valence-corrected chi connectivity index (χ4v) is 6.15. The molecular formula is C36H27N3O4S. The topological polar surface area (TPSA) is 93.7 Å². The van der Waals surface area contributed by atoms with E-state index in [4.69, 9.17) is 14.5 Å². The third-order valence-corrected chi connectivity index (χ3v) is 8.16. The van der Waals surface area contributed by atoms with Crippen molar-refractivity contribution in [3.63, 3.8) is 0 Å². The zero-order valence-electron chi connectivity index (χ0n) is 23.8. The van der Waals surface area contributed by atoms with Gasteiger partial charge in [-0.15, -0.1) is 0 Å². The van der Waals surface area contributed by atoms with E-state index < -0.39 is 12.0 Å². The molecule has 0 amide bonds. The van der Waals surface area contributed by atoms with Gasteiger partial charge in [-0.3, -0.25) is 9.36 Å². The molecule has 7 nitrogen and oxygen atoms in total. The fourth-order valence-electron chi connectivity index (χ4n) is 5.15. The van der Waals surface area contributed by atoms with Crippen molar-refractivity contribution in [1.82, 2.24) is 4.57 Å². The van der Waals surface area contributed by atoms with Gasteiger partial charge >= 0.3 is 5.97 Å². The first kappa shape index (κ1) is 28.6. The van der Waals surface area contributed by atoms with Crippen LogP contribution in [0.1, 0.15) is 40.8 Å². The number of fused-ring (bicyclic) bond motifs is 1. The van der Waals surface area contributed by atoms with Crippen molar-refractivity contribution in [2.45, 2.75) is 19.6 Å². The average Bonchev–Trinajstić information content (AvgIpc) is 3.38. The van der Waals surface area contributed by atoms with Crippen molar-refractivity contribution in [1.29, 1.82) is 5.26 Å². The first-order valence-electron chi connectivity index (χ1n) is 14.1. The van der Waals surface area contributed by atoms with Gasteiger partial charge in [0.05, 0.1) is 40.1 Å². The molecule has 1 aliphatic heterocycles. The molecule has 0 N–H and O–H groups in total. The number of benzene rings is 4. The highest BCUT2D eigenvalue weighted by Crippen LogP contribution is 2.35. The lowest BCUT2D eigenvalue weighted by molar-refractivity contribution is -0.138. The van der Waals surface area contributed by atoms with Crippen LogP contribution in [0.4, 0.5) is 0 Å². The number of carbonyl (C=O) groups is 1. The number of esters is 1. The van der Waals surface area contributed by atoms with Crippen molar-refractivity contribution < 1.29 is 14.3 Å². The molecule has 0 bridgehead atoms. The molecule has 216 valence electrons. The van der Waals surface area contributed by atoms with Gasteiger partial charge in [-0.25, -0.2) is 9.79 Å². The molecule has 1 aliphatic rings. The number of rotatable bonds is 8. The van der Waals surface area contributed by atoms with Crippen LogP contribution >= 0.6 is 11.3 Å². The van der Waals surface area contributed by atoms with Gasteiger partial charge in [0.15, 0.2) is 4.80 Å². The van der Waals surface area contributed by atoms with Crippen LogP contribution in [0.5, 0.6) is 5.75 Å². The third kappa shape index (κ3) is 5.74. The van der Waals surface area contributed by atoms with Crippen LogP contribution < -0.4 is 19.6 Å². The third-order valence-electron chi connectivity index (χ3n) is 7.18. The second-order valence-electron chi connectivity index (χ2n) is 9.97. The molecule has 2 heterocycles. The normalized spacial score (nSPS) is 14.4. The van der Waals surface area contributed by atoms with Crippen molar-refractivity contribution >= 4 is 29.1 Å². The maximum Gasteiger partial charge on any atom is 0.338 e. The van der Waals surface area contributed by atoms with E-state index in [0.717, 1.165) is 22.3 Å². The van der Waals surface area contributed by atoms with Crippen molar-refractivity contribution in [3.05, 3.63) is 162 Å². The Balaban J connectivity index is 1.46. The highest BCUT2D eigenvalue weighted by Gasteiger charge is 2.35. The number of nitriles is 1. The van der Waals surface area contributed by atoms with Crippen LogP contribution in [0.25, 0.3) is 11.8 Å². The maximum atomic E-state index is 14.1. The average molecular weight is 598 g/mol. The molecule has 8 heteroatoms. The number of hydrogen-bond acceptors (Lipinski definition) is 7. The predicted molar refractivity (Wildman–Crippen MR) is 169 cm³/mol. The Kier molecular flexibility index (Phi) is 8.30. The second-order valence-corrected chi connectivity index (χ2v) is 11.0. The van der Waals surface area contributed by atoms with Gasteiger partial charge in [0, 0.05) is 11.1 Å². The summed E-state index contributed by atoms with van der Waals surface area (Å²) in [7, 11) is 0. The summed E-state index contributed by atoms with van der Waals surface area (Å²) in [6.07, 6.45) is 1.80. The molecule has 4 aromatic carbocycles. The van der Waals surface area contributed by atoms with E-state index in [2.05, 4.69) is 6.07 Å². The largest absolute Gasteiger partial charge is 0.489 e. The Labute approximate surface area is 257 Å². The minimum Gasteiger partial charge on any atom is -0.489 e. The lowest BCUT2D eigenvalue weighted by Crippen LogP contribution is -2.39. The van der Waals surface area contributed by atoms with E-state index in [1.807, 2.05) is 103 Å². The molecule has 0 fully saturated rings. The molecule has 0 saturated heterocycles. The predicted octanol–water partition coefficient (Wildman–Crippen LogP) is 5.39. The Morgan fingerprint density at radius 2 is 1.70 bits per heavy atom. The van der Waals surface area contributed by atoms with Gasteiger partial charge < -0.3 is 9.47 Å². The molecule has 0 spiro atoms. The summed E-state index contributed by atoms with van der Waals surface area (Å²) in [5.74, 6) is 0.0958. The van der Waals surface area contributed by atoms with Crippen LogP contribution in [-0.4, -0.2) is 17.1 Å². The molecule has 1 aromatic heterocycles. The Morgan fingerprint density at radius 3 is 2.45 bits per heavy atom. The van der Waals surface area contributed by atoms with Gasteiger partial charge in [0.1, 0.15) is 12.4 Å². The lowest BCUT2D eigenvalue weighted by Gasteiger charge is -2.25. The minimum atomic E-state index is -0.723. The number of ether oxygens (including phenoxy) is 2. The summed E-state index contributed by atoms with van der Waals surface area (Å²) in [4.78, 5) is 33.0. The van der Waals surface area contributed by atoms with E-state index in [0.29, 0.717) is 31.9 Å². The highest BCUT2D eigenvalue weighted by atomic mass is 32.1. The smallest absolute Gasteiger partial charge is 0.338 e. The molecule has 5 aromatic rings. The summed E-state index contributed by atoms with van der Waals surface area (Å²) in [5.41, 5.74) is 4.21. The van der Waals surface area contributed by atoms with Crippen LogP contribution in [-0.2, 0) is 16.1 Å². The number of nitrogens with zero attached hydrogens (tertiary/aromatic N) is 3. The number of carbonyl (C=O) groups excluding carboxylic acids is 1. The van der Waals surface area contributed by atoms with Crippen molar-refractivity contribution in [2.75, 3.05) is 6.61 Å². The molecule has 6 rings (SSSR count). The lowest BCUT2D eigenvalue weighted by atomic mass is 9.93. The van der Waals surface area contributed by atoms with Crippen LogP contribution in [0.2, 0.25) is 0 Å². The first-order chi connectivity index (χ1) is 21.6. The van der Waals surface area contributed by atoms with Crippen LogP contribution in [0.15, 0.2) is 125 Å². The highest BCUT2D eigenvalue weighted by molar-refractivity contribution is 7.07. The zero-order valence-corrected chi connectivity index (χ0v) is 24.7. The van der Waals surface area contributed by atoms with Gasteiger partial charge in [-0.2, -0.15) is 5.26 Å². The standard InChI is InChI=1S/C36H27N3O4S/c1-2-42-35(41)31-32(25-13-5-3-6-14-25)38-36-39(33(31)26-15-7-4-8-16-26)34(40)30(44-36)21-24-12-11-19-29(20-24)43-23-28-18-10-9-17-27(28)22-37/h3-21,33H,2,23H2,1H3/b30-21-/t33-/m0/s1. The van der Waals surface area contributed by atoms with Crippen LogP contribution in [0, 0.1) is 11.3 Å². The fraction of sp³-hybridized carbons (Fsp3) is 0.111. The zero-order chi connectivity index (χ0) is 30.5. The molecular weight excluding hydrogens is 570 g/mol. The molecule has 1 atom stereocenters. The van der Waals surface area contributed by atoms with Gasteiger partial charge in [0.25, 0.3) is 5.56 Å². The summed E-state index contributed by atoms with van der Waals surface area (Å²) in [5, 5.41) is 9.39. The Bertz CT molecular complexity index is 2090. The van der Waals surface area contributed by atoms with E-state index in [-0.39, 0.29) is 18.8 Å². The van der Waals surface area contributed by atoms with Crippen LogP contribution in [0.3, 0.4) is 0 Å². The number of thiazole rings is 1. The van der Waals surface area contributed by atoms with Gasteiger partial charge in [-0.05, 0) is 42.3 Å². The van der Waals surface area contributed by atoms with Crippen molar-refractivity contribution in [3.8, 4) is 11.8 Å². The SMILES string of the molecule is CCOC(=O)C1=C(c2ccccc2)N=c2s/c(=C\c3cccc(OCc4ccccc4C#N)c3)c(=O)n2[C@H]1c1ccccc1. The van der Waals surface area contributed by atoms with E-state index in [1.165, 1.54) is 11.3 Å². The number of aromatic nitrogens is 1. The molecule has 0 unspecified atom stereocenters. The summed E-state index contributed by atoms with van der Waals surface area (Å²) in [6.45, 7) is 2.19.